The zero-order valence-electron chi connectivity index (χ0n) is 15.7. The predicted octanol–water partition coefficient (Wildman–Crippen LogP) is 4.88. The molecule has 0 radical (unpaired) electrons. The highest BCUT2D eigenvalue weighted by Gasteiger charge is 2.08. The van der Waals surface area contributed by atoms with Crippen molar-refractivity contribution < 1.29 is 9.18 Å². The summed E-state index contributed by atoms with van der Waals surface area (Å²) in [6.07, 6.45) is 1.46. The number of hydrogen-bond donors (Lipinski definition) is 3. The van der Waals surface area contributed by atoms with Crippen LogP contribution >= 0.6 is 11.6 Å². The number of fused-ring (bicyclic) bond motifs is 1. The zero-order chi connectivity index (χ0) is 21.1. The molecular formula is C22H17ClFN5O. The lowest BCUT2D eigenvalue weighted by molar-refractivity contribution is 0.1000. The van der Waals surface area contributed by atoms with E-state index in [2.05, 4.69) is 20.6 Å². The van der Waals surface area contributed by atoms with E-state index in [9.17, 15) is 9.18 Å². The Bertz CT molecular complexity index is 1250. The second-order valence-corrected chi connectivity index (χ2v) is 7.03. The van der Waals surface area contributed by atoms with Gasteiger partial charge >= 0.3 is 0 Å². The van der Waals surface area contributed by atoms with Crippen molar-refractivity contribution in [2.24, 2.45) is 5.73 Å². The summed E-state index contributed by atoms with van der Waals surface area (Å²) in [5.74, 6) is -0.375. The highest BCUT2D eigenvalue weighted by molar-refractivity contribution is 6.31. The van der Waals surface area contributed by atoms with Gasteiger partial charge in [0.1, 0.15) is 18.0 Å². The van der Waals surface area contributed by atoms with Crippen LogP contribution < -0.4 is 16.4 Å². The zero-order valence-corrected chi connectivity index (χ0v) is 16.4. The quantitative estimate of drug-likeness (QED) is 0.412. The smallest absolute Gasteiger partial charge is 0.248 e. The van der Waals surface area contributed by atoms with Crippen LogP contribution in [0.1, 0.15) is 15.9 Å². The average Bonchev–Trinajstić information content (AvgIpc) is 2.75. The number of nitrogens with two attached hydrogens (primary N) is 1. The molecule has 4 N–H and O–H groups in total. The van der Waals surface area contributed by atoms with Crippen LogP contribution in [0, 0.1) is 5.82 Å². The van der Waals surface area contributed by atoms with Crippen LogP contribution in [0.25, 0.3) is 10.9 Å². The van der Waals surface area contributed by atoms with Crippen LogP contribution in [0.4, 0.5) is 21.6 Å². The molecular weight excluding hydrogens is 405 g/mol. The Hall–Kier alpha value is -3.71. The third-order valence-corrected chi connectivity index (χ3v) is 4.82. The Kier molecular flexibility index (Phi) is 5.45. The van der Waals surface area contributed by atoms with Crippen molar-refractivity contribution in [3.8, 4) is 0 Å². The highest BCUT2D eigenvalue weighted by Crippen LogP contribution is 2.28. The van der Waals surface area contributed by atoms with E-state index in [0.717, 1.165) is 22.2 Å². The van der Waals surface area contributed by atoms with Crippen LogP contribution in [0.15, 0.2) is 67.0 Å². The molecule has 0 fully saturated rings. The third-order valence-electron chi connectivity index (χ3n) is 4.53. The molecule has 0 aliphatic rings. The number of halogens is 2. The van der Waals surface area contributed by atoms with Crippen molar-refractivity contribution in [3.05, 3.63) is 89.0 Å². The van der Waals surface area contributed by atoms with E-state index in [1.807, 2.05) is 24.3 Å². The molecule has 1 amide bonds. The number of anilines is 3. The number of nitrogens with zero attached hydrogens (tertiary/aromatic N) is 2. The Balaban J connectivity index is 1.58. The molecule has 1 heterocycles. The molecule has 0 saturated heterocycles. The largest absolute Gasteiger partial charge is 0.381 e. The minimum absolute atomic E-state index is 0.0268. The minimum Gasteiger partial charge on any atom is -0.381 e. The first-order chi connectivity index (χ1) is 14.5. The normalized spacial score (nSPS) is 10.7. The Morgan fingerprint density at radius 2 is 1.87 bits per heavy atom. The van der Waals surface area contributed by atoms with E-state index in [-0.39, 0.29) is 5.02 Å². The number of aromatic nitrogens is 2. The number of primary amides is 1. The number of amides is 1. The number of nitrogens with one attached hydrogen (secondary N) is 2. The predicted molar refractivity (Wildman–Crippen MR) is 117 cm³/mol. The van der Waals surface area contributed by atoms with Gasteiger partial charge in [-0.1, -0.05) is 23.7 Å². The van der Waals surface area contributed by atoms with E-state index in [4.69, 9.17) is 17.3 Å². The van der Waals surface area contributed by atoms with E-state index in [1.54, 1.807) is 24.3 Å². The van der Waals surface area contributed by atoms with Gasteiger partial charge in [0.2, 0.25) is 5.91 Å². The van der Waals surface area contributed by atoms with Gasteiger partial charge in [0.25, 0.3) is 0 Å². The summed E-state index contributed by atoms with van der Waals surface area (Å²) in [4.78, 5) is 19.9. The Labute approximate surface area is 176 Å². The topological polar surface area (TPSA) is 92.9 Å². The standard InChI is InChI=1S/C22H17ClFN5O/c23-18-10-16(4-6-19(18)24)29-22-17-9-15(5-7-20(17)27-12-28-22)26-11-13-2-1-3-14(8-13)21(25)30/h1-10,12,26H,11H2,(H2,25,30)(H,27,28,29). The van der Waals surface area contributed by atoms with E-state index >= 15 is 0 Å². The van der Waals surface area contributed by atoms with Crippen molar-refractivity contribution in [2.45, 2.75) is 6.54 Å². The fraction of sp³-hybridized carbons (Fsp3) is 0.0455. The van der Waals surface area contributed by atoms with Gasteiger partial charge in [0.15, 0.2) is 0 Å². The average molecular weight is 422 g/mol. The molecule has 30 heavy (non-hydrogen) atoms. The number of carbonyl (C=O) groups is 1. The molecule has 0 unspecified atom stereocenters. The number of carbonyl (C=O) groups excluding carboxylic acids is 1. The van der Waals surface area contributed by atoms with Crippen LogP contribution in [0.2, 0.25) is 5.02 Å². The number of rotatable bonds is 6. The fourth-order valence-electron chi connectivity index (χ4n) is 3.02. The highest BCUT2D eigenvalue weighted by atomic mass is 35.5. The summed E-state index contributed by atoms with van der Waals surface area (Å²) in [5.41, 5.74) is 8.94. The molecule has 0 aliphatic heterocycles. The molecule has 0 aliphatic carbocycles. The first-order valence-corrected chi connectivity index (χ1v) is 9.47. The summed E-state index contributed by atoms with van der Waals surface area (Å²) in [5, 5.41) is 7.29. The van der Waals surface area contributed by atoms with Gasteiger partial charge in [0.05, 0.1) is 10.5 Å². The molecule has 0 atom stereocenters. The first kappa shape index (κ1) is 19.6. The second-order valence-electron chi connectivity index (χ2n) is 6.63. The second kappa shape index (κ2) is 8.34. The van der Waals surface area contributed by atoms with Crippen molar-refractivity contribution in [2.75, 3.05) is 10.6 Å². The van der Waals surface area contributed by atoms with Crippen molar-refractivity contribution in [1.82, 2.24) is 9.97 Å². The van der Waals surface area contributed by atoms with Crippen LogP contribution in [-0.4, -0.2) is 15.9 Å². The summed E-state index contributed by atoms with van der Waals surface area (Å²) < 4.78 is 13.4. The molecule has 4 rings (SSSR count). The van der Waals surface area contributed by atoms with Crippen molar-refractivity contribution in [1.29, 1.82) is 0 Å². The van der Waals surface area contributed by atoms with Gasteiger partial charge < -0.3 is 16.4 Å². The Morgan fingerprint density at radius 3 is 2.67 bits per heavy atom. The lowest BCUT2D eigenvalue weighted by Gasteiger charge is -2.12. The lowest BCUT2D eigenvalue weighted by atomic mass is 10.1. The first-order valence-electron chi connectivity index (χ1n) is 9.09. The molecule has 8 heteroatoms. The molecule has 4 aromatic rings. The minimum atomic E-state index is -0.485. The van der Waals surface area contributed by atoms with Gasteiger partial charge in [-0.25, -0.2) is 14.4 Å². The van der Waals surface area contributed by atoms with Gasteiger partial charge in [0, 0.05) is 28.9 Å². The monoisotopic (exact) mass is 421 g/mol. The summed E-state index contributed by atoms with van der Waals surface area (Å²) in [7, 11) is 0. The lowest BCUT2D eigenvalue weighted by Crippen LogP contribution is -2.11. The van der Waals surface area contributed by atoms with E-state index in [0.29, 0.717) is 23.6 Å². The van der Waals surface area contributed by atoms with Gasteiger partial charge in [-0.3, -0.25) is 4.79 Å². The molecule has 0 saturated carbocycles. The van der Waals surface area contributed by atoms with E-state index in [1.165, 1.54) is 18.5 Å². The molecule has 3 aromatic carbocycles. The molecule has 150 valence electrons. The Morgan fingerprint density at radius 1 is 1.03 bits per heavy atom. The van der Waals surface area contributed by atoms with Crippen molar-refractivity contribution in [3.63, 3.8) is 0 Å². The molecule has 1 aromatic heterocycles. The fourth-order valence-corrected chi connectivity index (χ4v) is 3.20. The van der Waals surface area contributed by atoms with Crippen LogP contribution in [0.5, 0.6) is 0 Å². The van der Waals surface area contributed by atoms with Gasteiger partial charge in [-0.05, 0) is 54.1 Å². The molecule has 0 bridgehead atoms. The van der Waals surface area contributed by atoms with Gasteiger partial charge in [-0.15, -0.1) is 0 Å². The van der Waals surface area contributed by atoms with Crippen LogP contribution in [0.3, 0.4) is 0 Å². The number of hydrogen-bond acceptors (Lipinski definition) is 5. The molecule has 6 nitrogen and oxygen atoms in total. The maximum atomic E-state index is 13.4. The summed E-state index contributed by atoms with van der Waals surface area (Å²) in [6, 6.07) is 17.2. The maximum Gasteiger partial charge on any atom is 0.248 e. The van der Waals surface area contributed by atoms with Gasteiger partial charge in [-0.2, -0.15) is 0 Å². The molecule has 0 spiro atoms. The summed E-state index contributed by atoms with van der Waals surface area (Å²) >= 11 is 5.87. The SMILES string of the molecule is NC(=O)c1cccc(CNc2ccc3ncnc(Nc4ccc(F)c(Cl)c4)c3c2)c1. The summed E-state index contributed by atoms with van der Waals surface area (Å²) in [6.45, 7) is 0.511. The maximum absolute atomic E-state index is 13.4. The third kappa shape index (κ3) is 4.31. The van der Waals surface area contributed by atoms with E-state index < -0.39 is 11.7 Å². The van der Waals surface area contributed by atoms with Crippen LogP contribution in [-0.2, 0) is 6.54 Å². The van der Waals surface area contributed by atoms with Crippen molar-refractivity contribution >= 4 is 45.6 Å². The number of benzene rings is 3.